The SMILES string of the molecule is O=C1NN=C(c2cccnc2)C1=Cc1cc2ccccc2[nH]1. The third-order valence-electron chi connectivity index (χ3n) is 3.55. The molecule has 0 radical (unpaired) electrons. The van der Waals surface area contributed by atoms with Crippen LogP contribution < -0.4 is 5.43 Å². The van der Waals surface area contributed by atoms with E-state index >= 15 is 0 Å². The number of aromatic amines is 1. The first-order valence-corrected chi connectivity index (χ1v) is 6.89. The first-order valence-electron chi connectivity index (χ1n) is 6.89. The summed E-state index contributed by atoms with van der Waals surface area (Å²) in [5.41, 5.74) is 6.36. The highest BCUT2D eigenvalue weighted by Crippen LogP contribution is 2.20. The van der Waals surface area contributed by atoms with Gasteiger partial charge in [-0.05, 0) is 35.7 Å². The van der Waals surface area contributed by atoms with E-state index in [0.29, 0.717) is 11.3 Å². The number of rotatable bonds is 2. The van der Waals surface area contributed by atoms with E-state index in [2.05, 4.69) is 20.5 Å². The van der Waals surface area contributed by atoms with Crippen molar-refractivity contribution in [1.29, 1.82) is 0 Å². The van der Waals surface area contributed by atoms with Crippen molar-refractivity contribution >= 4 is 28.6 Å². The smallest absolute Gasteiger partial charge is 0.273 e. The molecule has 0 unspecified atom stereocenters. The first-order chi connectivity index (χ1) is 10.8. The molecule has 0 spiro atoms. The molecule has 1 aliphatic rings. The predicted molar refractivity (Wildman–Crippen MR) is 85.2 cm³/mol. The molecule has 2 N–H and O–H groups in total. The molecule has 5 nitrogen and oxygen atoms in total. The minimum atomic E-state index is -0.211. The van der Waals surface area contributed by atoms with Gasteiger partial charge in [0.15, 0.2) is 0 Å². The second-order valence-corrected chi connectivity index (χ2v) is 5.01. The number of nitrogens with zero attached hydrogens (tertiary/aromatic N) is 2. The summed E-state index contributed by atoms with van der Waals surface area (Å²) in [7, 11) is 0. The van der Waals surface area contributed by atoms with E-state index in [0.717, 1.165) is 22.2 Å². The van der Waals surface area contributed by atoms with Gasteiger partial charge in [0.25, 0.3) is 5.91 Å². The van der Waals surface area contributed by atoms with E-state index in [4.69, 9.17) is 0 Å². The van der Waals surface area contributed by atoms with Crippen molar-refractivity contribution in [2.45, 2.75) is 0 Å². The van der Waals surface area contributed by atoms with E-state index in [-0.39, 0.29) is 5.91 Å². The maximum atomic E-state index is 12.0. The molecule has 1 aliphatic heterocycles. The maximum absolute atomic E-state index is 12.0. The number of hydrazone groups is 1. The Kier molecular flexibility index (Phi) is 2.83. The van der Waals surface area contributed by atoms with Crippen LogP contribution in [0.3, 0.4) is 0 Å². The Morgan fingerprint density at radius 2 is 2.00 bits per heavy atom. The van der Waals surface area contributed by atoms with Crippen LogP contribution >= 0.6 is 0 Å². The molecule has 3 aromatic rings. The molecule has 4 rings (SSSR count). The molecule has 2 aromatic heterocycles. The maximum Gasteiger partial charge on any atom is 0.273 e. The Bertz CT molecular complexity index is 889. The highest BCUT2D eigenvalue weighted by Gasteiger charge is 2.24. The van der Waals surface area contributed by atoms with Gasteiger partial charge in [-0.25, -0.2) is 5.43 Å². The Morgan fingerprint density at radius 3 is 2.82 bits per heavy atom. The molecule has 5 heteroatoms. The predicted octanol–water partition coefficient (Wildman–Crippen LogP) is 2.48. The number of nitrogens with one attached hydrogen (secondary N) is 2. The number of H-pyrrole nitrogens is 1. The van der Waals surface area contributed by atoms with Crippen LogP contribution in [0, 0.1) is 0 Å². The van der Waals surface area contributed by atoms with Gasteiger partial charge < -0.3 is 4.98 Å². The summed E-state index contributed by atoms with van der Waals surface area (Å²) in [4.78, 5) is 19.4. The van der Waals surface area contributed by atoms with Crippen molar-refractivity contribution in [3.8, 4) is 0 Å². The van der Waals surface area contributed by atoms with Gasteiger partial charge in [0.05, 0.1) is 5.57 Å². The number of carbonyl (C=O) groups excluding carboxylic acids is 1. The number of benzene rings is 1. The molecule has 3 heterocycles. The Labute approximate surface area is 126 Å². The van der Waals surface area contributed by atoms with Crippen molar-refractivity contribution in [3.05, 3.63) is 71.7 Å². The van der Waals surface area contributed by atoms with E-state index in [9.17, 15) is 4.79 Å². The van der Waals surface area contributed by atoms with Crippen LogP contribution in [-0.4, -0.2) is 21.6 Å². The highest BCUT2D eigenvalue weighted by atomic mass is 16.2. The third kappa shape index (κ3) is 2.09. The molecule has 0 atom stereocenters. The number of amides is 1. The van der Waals surface area contributed by atoms with Gasteiger partial charge in [-0.2, -0.15) is 5.10 Å². The third-order valence-corrected chi connectivity index (χ3v) is 3.55. The lowest BCUT2D eigenvalue weighted by Crippen LogP contribution is -2.13. The standard InChI is InChI=1S/C17H12N4O/c22-17-14(16(20-21-17)12-5-3-7-18-10-12)9-13-8-11-4-1-2-6-15(11)19-13/h1-10,19H,(H,21,22). The Hall–Kier alpha value is -3.21. The molecule has 0 bridgehead atoms. The van der Waals surface area contributed by atoms with Crippen LogP contribution in [0.2, 0.25) is 0 Å². The fourth-order valence-electron chi connectivity index (χ4n) is 2.52. The van der Waals surface area contributed by atoms with Crippen LogP contribution in [0.4, 0.5) is 0 Å². The van der Waals surface area contributed by atoms with Crippen LogP contribution in [0.5, 0.6) is 0 Å². The lowest BCUT2D eigenvalue weighted by molar-refractivity contribution is -0.116. The second-order valence-electron chi connectivity index (χ2n) is 5.01. The minimum absolute atomic E-state index is 0.211. The molecule has 106 valence electrons. The van der Waals surface area contributed by atoms with Gasteiger partial charge in [-0.1, -0.05) is 18.2 Å². The van der Waals surface area contributed by atoms with Gasteiger partial charge in [0.2, 0.25) is 0 Å². The van der Waals surface area contributed by atoms with Crippen molar-refractivity contribution in [1.82, 2.24) is 15.4 Å². The van der Waals surface area contributed by atoms with E-state index < -0.39 is 0 Å². The molecule has 0 saturated carbocycles. The largest absolute Gasteiger partial charge is 0.355 e. The molecular weight excluding hydrogens is 276 g/mol. The van der Waals surface area contributed by atoms with Gasteiger partial charge in [-0.3, -0.25) is 9.78 Å². The lowest BCUT2D eigenvalue weighted by atomic mass is 10.0. The number of aromatic nitrogens is 2. The minimum Gasteiger partial charge on any atom is -0.355 e. The first kappa shape index (κ1) is 12.5. The van der Waals surface area contributed by atoms with Crippen molar-refractivity contribution in [2.75, 3.05) is 0 Å². The molecule has 1 amide bonds. The molecule has 22 heavy (non-hydrogen) atoms. The summed E-state index contributed by atoms with van der Waals surface area (Å²) in [5, 5.41) is 5.22. The number of para-hydroxylation sites is 1. The van der Waals surface area contributed by atoms with Crippen LogP contribution in [0.1, 0.15) is 11.3 Å². The zero-order chi connectivity index (χ0) is 14.9. The molecule has 0 aliphatic carbocycles. The zero-order valence-electron chi connectivity index (χ0n) is 11.6. The normalized spacial score (nSPS) is 16.1. The lowest BCUT2D eigenvalue weighted by Gasteiger charge is -2.00. The zero-order valence-corrected chi connectivity index (χ0v) is 11.6. The molecule has 1 aromatic carbocycles. The summed E-state index contributed by atoms with van der Waals surface area (Å²) >= 11 is 0. The summed E-state index contributed by atoms with van der Waals surface area (Å²) in [6, 6.07) is 13.7. The van der Waals surface area contributed by atoms with Crippen LogP contribution in [0.15, 0.2) is 65.5 Å². The summed E-state index contributed by atoms with van der Waals surface area (Å²) in [6.45, 7) is 0. The molecular formula is C17H12N4O. The number of hydrogen-bond donors (Lipinski definition) is 2. The molecule has 0 fully saturated rings. The summed E-state index contributed by atoms with van der Waals surface area (Å²) < 4.78 is 0. The number of carbonyl (C=O) groups is 1. The quantitative estimate of drug-likeness (QED) is 0.711. The van der Waals surface area contributed by atoms with Gasteiger partial charge >= 0.3 is 0 Å². The topological polar surface area (TPSA) is 70.1 Å². The van der Waals surface area contributed by atoms with Crippen molar-refractivity contribution in [3.63, 3.8) is 0 Å². The van der Waals surface area contributed by atoms with Crippen LogP contribution in [0.25, 0.3) is 17.0 Å². The summed E-state index contributed by atoms with van der Waals surface area (Å²) in [5.74, 6) is -0.211. The Morgan fingerprint density at radius 1 is 1.09 bits per heavy atom. The molecule has 0 saturated heterocycles. The average Bonchev–Trinajstić information content (AvgIpc) is 3.12. The number of fused-ring (bicyclic) bond motifs is 1. The van der Waals surface area contributed by atoms with Gasteiger partial charge in [0, 0.05) is 29.2 Å². The fourth-order valence-corrected chi connectivity index (χ4v) is 2.52. The number of pyridine rings is 1. The number of hydrogen-bond acceptors (Lipinski definition) is 3. The van der Waals surface area contributed by atoms with Crippen molar-refractivity contribution in [2.24, 2.45) is 5.10 Å². The van der Waals surface area contributed by atoms with E-state index in [1.807, 2.05) is 48.5 Å². The van der Waals surface area contributed by atoms with Crippen molar-refractivity contribution < 1.29 is 4.79 Å². The summed E-state index contributed by atoms with van der Waals surface area (Å²) in [6.07, 6.45) is 5.20. The van der Waals surface area contributed by atoms with E-state index in [1.165, 1.54) is 0 Å². The monoisotopic (exact) mass is 288 g/mol. The fraction of sp³-hybridized carbons (Fsp3) is 0. The van der Waals surface area contributed by atoms with Gasteiger partial charge in [-0.15, -0.1) is 0 Å². The second kappa shape index (κ2) is 4.96. The highest BCUT2D eigenvalue weighted by molar-refractivity contribution is 6.33. The average molecular weight is 288 g/mol. The van der Waals surface area contributed by atoms with Gasteiger partial charge in [0.1, 0.15) is 5.71 Å². The Balaban J connectivity index is 1.79. The van der Waals surface area contributed by atoms with E-state index in [1.54, 1.807) is 12.4 Å². The van der Waals surface area contributed by atoms with Crippen LogP contribution in [-0.2, 0) is 4.79 Å².